The van der Waals surface area contributed by atoms with Crippen molar-refractivity contribution in [3.8, 4) is 50.8 Å². The molecule has 154 valence electrons. The summed E-state index contributed by atoms with van der Waals surface area (Å²) in [6.45, 7) is 0. The molecule has 0 N–H and O–H groups in total. The first-order valence-corrected chi connectivity index (χ1v) is 10.4. The topological polar surface area (TPSA) is 47.9 Å². The summed E-state index contributed by atoms with van der Waals surface area (Å²) in [6.07, 6.45) is 3.62. The smallest absolute Gasteiger partial charge is 0.118 e. The summed E-state index contributed by atoms with van der Waals surface area (Å²) < 4.78 is 5.31. The first-order valence-electron chi connectivity index (χ1n) is 10.4. The monoisotopic (exact) mass is 415 g/mol. The van der Waals surface area contributed by atoms with Crippen LogP contribution in [0.1, 0.15) is 0 Å². The highest BCUT2D eigenvalue weighted by Gasteiger charge is 2.11. The van der Waals surface area contributed by atoms with Crippen molar-refractivity contribution >= 4 is 0 Å². The van der Waals surface area contributed by atoms with E-state index in [1.165, 1.54) is 0 Å². The van der Waals surface area contributed by atoms with E-state index >= 15 is 0 Å². The minimum absolute atomic E-state index is 0.803. The molecule has 0 aliphatic heterocycles. The summed E-state index contributed by atoms with van der Waals surface area (Å²) in [4.78, 5) is 14.1. The molecule has 4 heteroatoms. The maximum atomic E-state index is 5.31. The molecule has 0 spiro atoms. The average Bonchev–Trinajstić information content (AvgIpc) is 2.89. The predicted octanol–water partition coefficient (Wildman–Crippen LogP) is 6.55. The quantitative estimate of drug-likeness (QED) is 0.327. The van der Waals surface area contributed by atoms with Gasteiger partial charge in [-0.2, -0.15) is 0 Å². The Morgan fingerprint density at radius 1 is 0.500 bits per heavy atom. The standard InChI is InChI=1S/C28H21N3O/c1-32-24-12-10-21(11-13-24)23-18-27(25-9-5-6-15-29-25)31-28(19-23)26-17-22(14-16-30-26)20-7-3-2-4-8-20/h2-19H,1H3. The lowest BCUT2D eigenvalue weighted by atomic mass is 10.0. The molecule has 3 aromatic heterocycles. The Kier molecular flexibility index (Phi) is 5.41. The van der Waals surface area contributed by atoms with Gasteiger partial charge in [0.2, 0.25) is 0 Å². The molecule has 5 aromatic rings. The Bertz CT molecular complexity index is 1330. The van der Waals surface area contributed by atoms with Crippen LogP contribution in [0.5, 0.6) is 5.75 Å². The van der Waals surface area contributed by atoms with Crippen molar-refractivity contribution in [2.24, 2.45) is 0 Å². The summed E-state index contributed by atoms with van der Waals surface area (Å²) in [5.74, 6) is 0.824. The number of ether oxygens (including phenoxy) is 1. The van der Waals surface area contributed by atoms with E-state index in [2.05, 4.69) is 40.3 Å². The molecular formula is C28H21N3O. The van der Waals surface area contributed by atoms with Crippen LogP contribution in [0.2, 0.25) is 0 Å². The highest BCUT2D eigenvalue weighted by Crippen LogP contribution is 2.31. The van der Waals surface area contributed by atoms with E-state index < -0.39 is 0 Å². The second-order valence-corrected chi connectivity index (χ2v) is 7.37. The van der Waals surface area contributed by atoms with Crippen molar-refractivity contribution in [3.63, 3.8) is 0 Å². The molecule has 0 amide bonds. The lowest BCUT2D eigenvalue weighted by molar-refractivity contribution is 0.415. The van der Waals surface area contributed by atoms with Crippen molar-refractivity contribution in [1.29, 1.82) is 0 Å². The van der Waals surface area contributed by atoms with Crippen molar-refractivity contribution < 1.29 is 4.74 Å². The van der Waals surface area contributed by atoms with Gasteiger partial charge in [-0.15, -0.1) is 0 Å². The highest BCUT2D eigenvalue weighted by atomic mass is 16.5. The second kappa shape index (κ2) is 8.82. The summed E-state index contributed by atoms with van der Waals surface area (Å²) in [5, 5.41) is 0. The molecule has 0 atom stereocenters. The molecule has 0 fully saturated rings. The first kappa shape index (κ1) is 19.6. The third-order valence-electron chi connectivity index (χ3n) is 5.31. The minimum atomic E-state index is 0.803. The van der Waals surface area contributed by atoms with Gasteiger partial charge in [0, 0.05) is 12.4 Å². The summed E-state index contributed by atoms with van der Waals surface area (Å²) >= 11 is 0. The van der Waals surface area contributed by atoms with Crippen LogP contribution in [0.15, 0.2) is 109 Å². The van der Waals surface area contributed by atoms with E-state index in [1.807, 2.05) is 72.9 Å². The molecule has 4 nitrogen and oxygen atoms in total. The summed E-state index contributed by atoms with van der Waals surface area (Å²) in [6, 6.07) is 32.4. The lowest BCUT2D eigenvalue weighted by Gasteiger charge is -2.11. The molecule has 32 heavy (non-hydrogen) atoms. The van der Waals surface area contributed by atoms with Crippen LogP contribution in [0.4, 0.5) is 0 Å². The molecule has 0 bridgehead atoms. The third kappa shape index (κ3) is 4.12. The van der Waals surface area contributed by atoms with Gasteiger partial charge in [0.15, 0.2) is 0 Å². The fraction of sp³-hybridized carbons (Fsp3) is 0.0357. The number of hydrogen-bond donors (Lipinski definition) is 0. The van der Waals surface area contributed by atoms with Gasteiger partial charge in [-0.05, 0) is 70.8 Å². The van der Waals surface area contributed by atoms with Crippen LogP contribution in [-0.4, -0.2) is 22.1 Å². The van der Waals surface area contributed by atoms with Gasteiger partial charge >= 0.3 is 0 Å². The summed E-state index contributed by atoms with van der Waals surface area (Å²) in [7, 11) is 1.67. The Morgan fingerprint density at radius 2 is 1.16 bits per heavy atom. The predicted molar refractivity (Wildman–Crippen MR) is 128 cm³/mol. The van der Waals surface area contributed by atoms with Crippen molar-refractivity contribution in [1.82, 2.24) is 15.0 Å². The number of benzene rings is 2. The van der Waals surface area contributed by atoms with E-state index in [0.29, 0.717) is 0 Å². The third-order valence-corrected chi connectivity index (χ3v) is 5.31. The molecule has 0 unspecified atom stereocenters. The fourth-order valence-corrected chi connectivity index (χ4v) is 3.64. The van der Waals surface area contributed by atoms with Gasteiger partial charge in [0.25, 0.3) is 0 Å². The van der Waals surface area contributed by atoms with Crippen LogP contribution < -0.4 is 4.74 Å². The maximum absolute atomic E-state index is 5.31. The van der Waals surface area contributed by atoms with Gasteiger partial charge in [0.1, 0.15) is 5.75 Å². The van der Waals surface area contributed by atoms with Gasteiger partial charge in [-0.1, -0.05) is 48.5 Å². The molecule has 0 aliphatic carbocycles. The first-order chi connectivity index (χ1) is 15.8. The maximum Gasteiger partial charge on any atom is 0.118 e. The number of methoxy groups -OCH3 is 1. The van der Waals surface area contributed by atoms with Crippen LogP contribution in [0.25, 0.3) is 45.0 Å². The zero-order valence-corrected chi connectivity index (χ0v) is 17.6. The number of hydrogen-bond acceptors (Lipinski definition) is 4. The second-order valence-electron chi connectivity index (χ2n) is 7.37. The Hall–Kier alpha value is -4.31. The lowest BCUT2D eigenvalue weighted by Crippen LogP contribution is -1.94. The van der Waals surface area contributed by atoms with Crippen LogP contribution in [-0.2, 0) is 0 Å². The van der Waals surface area contributed by atoms with Crippen LogP contribution in [0, 0.1) is 0 Å². The van der Waals surface area contributed by atoms with Crippen LogP contribution >= 0.6 is 0 Å². The molecule has 0 aliphatic rings. The van der Waals surface area contributed by atoms with Crippen molar-refractivity contribution in [2.75, 3.05) is 7.11 Å². The normalized spacial score (nSPS) is 10.7. The van der Waals surface area contributed by atoms with Crippen molar-refractivity contribution in [3.05, 3.63) is 109 Å². The fourth-order valence-electron chi connectivity index (χ4n) is 3.64. The molecule has 2 aromatic carbocycles. The average molecular weight is 415 g/mol. The largest absolute Gasteiger partial charge is 0.497 e. The molecule has 3 heterocycles. The Labute approximate surface area is 187 Å². The molecule has 0 radical (unpaired) electrons. The van der Waals surface area contributed by atoms with Gasteiger partial charge in [-0.3, -0.25) is 9.97 Å². The minimum Gasteiger partial charge on any atom is -0.497 e. The van der Waals surface area contributed by atoms with Gasteiger partial charge < -0.3 is 4.74 Å². The highest BCUT2D eigenvalue weighted by molar-refractivity contribution is 5.76. The van der Waals surface area contributed by atoms with Crippen LogP contribution in [0.3, 0.4) is 0 Å². The number of nitrogens with zero attached hydrogens (tertiary/aromatic N) is 3. The number of aromatic nitrogens is 3. The van der Waals surface area contributed by atoms with Gasteiger partial charge in [-0.25, -0.2) is 4.98 Å². The Morgan fingerprint density at radius 3 is 1.88 bits per heavy atom. The Balaban J connectivity index is 1.65. The molecular weight excluding hydrogens is 394 g/mol. The zero-order chi connectivity index (χ0) is 21.8. The molecule has 0 saturated carbocycles. The summed E-state index contributed by atoms with van der Waals surface area (Å²) in [5.41, 5.74) is 7.62. The van der Waals surface area contributed by atoms with E-state index in [9.17, 15) is 0 Å². The van der Waals surface area contributed by atoms with E-state index in [0.717, 1.165) is 50.8 Å². The van der Waals surface area contributed by atoms with E-state index in [1.54, 1.807) is 13.3 Å². The van der Waals surface area contributed by atoms with Gasteiger partial charge in [0.05, 0.1) is 29.9 Å². The molecule has 5 rings (SSSR count). The number of rotatable bonds is 5. The van der Waals surface area contributed by atoms with E-state index in [4.69, 9.17) is 9.72 Å². The molecule has 0 saturated heterocycles. The SMILES string of the molecule is COc1ccc(-c2cc(-c3ccccn3)nc(-c3cc(-c4ccccc4)ccn3)c2)cc1. The number of pyridine rings is 3. The zero-order valence-electron chi connectivity index (χ0n) is 17.6. The van der Waals surface area contributed by atoms with E-state index in [-0.39, 0.29) is 0 Å². The van der Waals surface area contributed by atoms with Crippen molar-refractivity contribution in [2.45, 2.75) is 0 Å².